The zero-order chi connectivity index (χ0) is 17.9. The third-order valence-corrected chi connectivity index (χ3v) is 6.05. The van der Waals surface area contributed by atoms with E-state index in [1.54, 1.807) is 24.3 Å². The van der Waals surface area contributed by atoms with Gasteiger partial charge < -0.3 is 4.74 Å². The number of hydrogen-bond donors (Lipinski definition) is 0. The van der Waals surface area contributed by atoms with Crippen molar-refractivity contribution < 1.29 is 17.9 Å². The number of sulfonamides is 1. The van der Waals surface area contributed by atoms with Gasteiger partial charge in [0.15, 0.2) is 0 Å². The van der Waals surface area contributed by atoms with Crippen molar-refractivity contribution in [2.45, 2.75) is 11.4 Å². The average molecular weight is 388 g/mol. The smallest absolute Gasteiger partial charge is 0.337 e. The van der Waals surface area contributed by atoms with Crippen molar-refractivity contribution in [3.63, 3.8) is 0 Å². The molecule has 0 radical (unpaired) electrons. The Morgan fingerprint density at radius 2 is 1.79 bits per heavy atom. The van der Waals surface area contributed by atoms with Crippen LogP contribution >= 0.6 is 23.2 Å². The topological polar surface area (TPSA) is 63.7 Å². The molecule has 0 aromatic heterocycles. The summed E-state index contributed by atoms with van der Waals surface area (Å²) in [6, 6.07) is 10.9. The quantitative estimate of drug-likeness (QED) is 0.735. The van der Waals surface area contributed by atoms with Gasteiger partial charge in [-0.15, -0.1) is 0 Å². The first-order valence-electron chi connectivity index (χ1n) is 6.85. The monoisotopic (exact) mass is 387 g/mol. The Morgan fingerprint density at radius 3 is 2.38 bits per heavy atom. The molecule has 2 aromatic rings. The number of rotatable bonds is 5. The Kier molecular flexibility index (Phi) is 5.87. The zero-order valence-corrected chi connectivity index (χ0v) is 15.3. The zero-order valence-electron chi connectivity index (χ0n) is 13.0. The van der Waals surface area contributed by atoms with Crippen molar-refractivity contribution in [3.8, 4) is 0 Å². The van der Waals surface area contributed by atoms with Gasteiger partial charge in [0.2, 0.25) is 10.0 Å². The fourth-order valence-electron chi connectivity index (χ4n) is 2.07. The molecule has 8 heteroatoms. The van der Waals surface area contributed by atoms with Crippen molar-refractivity contribution in [1.29, 1.82) is 0 Å². The molecule has 0 aliphatic rings. The fraction of sp³-hybridized carbons (Fsp3) is 0.188. The number of benzene rings is 2. The summed E-state index contributed by atoms with van der Waals surface area (Å²) in [6.45, 7) is 0.0943. The van der Waals surface area contributed by atoms with Gasteiger partial charge in [0.25, 0.3) is 0 Å². The van der Waals surface area contributed by atoms with Crippen LogP contribution in [0.4, 0.5) is 0 Å². The number of hydrogen-bond acceptors (Lipinski definition) is 4. The fourth-order valence-corrected chi connectivity index (χ4v) is 3.93. The molecular weight excluding hydrogens is 373 g/mol. The van der Waals surface area contributed by atoms with Crippen molar-refractivity contribution in [2.24, 2.45) is 0 Å². The van der Waals surface area contributed by atoms with E-state index in [9.17, 15) is 13.2 Å². The standard InChI is InChI=1S/C16H15Cl2NO4S/c1-19(10-12-5-3-4-6-13(12)17)24(21,22)15-8-7-11(9-14(15)18)16(20)23-2/h3-9H,10H2,1-2H3. The maximum absolute atomic E-state index is 12.7. The molecule has 0 aliphatic carbocycles. The van der Waals surface area contributed by atoms with Gasteiger partial charge >= 0.3 is 5.97 Å². The van der Waals surface area contributed by atoms with E-state index in [4.69, 9.17) is 23.2 Å². The molecule has 2 rings (SSSR count). The van der Waals surface area contributed by atoms with Crippen LogP contribution in [0.25, 0.3) is 0 Å². The highest BCUT2D eigenvalue weighted by Crippen LogP contribution is 2.27. The van der Waals surface area contributed by atoms with Crippen LogP contribution in [-0.2, 0) is 21.3 Å². The molecule has 0 spiro atoms. The van der Waals surface area contributed by atoms with Gasteiger partial charge in [0.1, 0.15) is 4.90 Å². The Morgan fingerprint density at radius 1 is 1.12 bits per heavy atom. The molecule has 0 saturated heterocycles. The summed E-state index contributed by atoms with van der Waals surface area (Å²) >= 11 is 12.1. The van der Waals surface area contributed by atoms with Gasteiger partial charge in [0.05, 0.1) is 17.7 Å². The van der Waals surface area contributed by atoms with Crippen molar-refractivity contribution >= 4 is 39.2 Å². The van der Waals surface area contributed by atoms with Crippen LogP contribution in [0.1, 0.15) is 15.9 Å². The van der Waals surface area contributed by atoms with Crippen LogP contribution in [0.3, 0.4) is 0 Å². The molecule has 0 fully saturated rings. The average Bonchev–Trinajstić information content (AvgIpc) is 2.55. The maximum atomic E-state index is 12.7. The van der Waals surface area contributed by atoms with Crippen LogP contribution in [0.5, 0.6) is 0 Å². The summed E-state index contributed by atoms with van der Waals surface area (Å²) in [5.41, 5.74) is 0.850. The molecule has 0 aliphatic heterocycles. The lowest BCUT2D eigenvalue weighted by atomic mass is 10.2. The SMILES string of the molecule is COC(=O)c1ccc(S(=O)(=O)N(C)Cc2ccccc2Cl)c(Cl)c1. The minimum absolute atomic E-state index is 0.0519. The van der Waals surface area contributed by atoms with Gasteiger partial charge in [-0.2, -0.15) is 4.31 Å². The van der Waals surface area contributed by atoms with Crippen LogP contribution in [0, 0.1) is 0 Å². The molecule has 0 bridgehead atoms. The maximum Gasteiger partial charge on any atom is 0.337 e. The molecule has 0 N–H and O–H groups in total. The summed E-state index contributed by atoms with van der Waals surface area (Å²) in [4.78, 5) is 11.4. The number of halogens is 2. The molecule has 0 unspecified atom stereocenters. The molecule has 0 atom stereocenters. The number of carbonyl (C=O) groups is 1. The van der Waals surface area contributed by atoms with E-state index in [1.165, 1.54) is 32.4 Å². The minimum Gasteiger partial charge on any atom is -0.465 e. The third-order valence-electron chi connectivity index (χ3n) is 3.39. The molecule has 128 valence electrons. The van der Waals surface area contributed by atoms with Crippen LogP contribution in [-0.4, -0.2) is 32.8 Å². The lowest BCUT2D eigenvalue weighted by Gasteiger charge is -2.19. The van der Waals surface area contributed by atoms with Gasteiger partial charge in [-0.1, -0.05) is 41.4 Å². The van der Waals surface area contributed by atoms with E-state index in [2.05, 4.69) is 4.74 Å². The van der Waals surface area contributed by atoms with E-state index in [-0.39, 0.29) is 22.0 Å². The Labute approximate surface area is 150 Å². The summed E-state index contributed by atoms with van der Waals surface area (Å²) in [7, 11) is -1.18. The molecule has 0 saturated carbocycles. The molecule has 5 nitrogen and oxygen atoms in total. The Hall–Kier alpha value is -1.60. The summed E-state index contributed by atoms with van der Waals surface area (Å²) < 4.78 is 31.1. The van der Waals surface area contributed by atoms with Crippen molar-refractivity contribution in [1.82, 2.24) is 4.31 Å². The van der Waals surface area contributed by atoms with Crippen LogP contribution in [0.2, 0.25) is 10.0 Å². The summed E-state index contributed by atoms with van der Waals surface area (Å²) in [6.07, 6.45) is 0. The van der Waals surface area contributed by atoms with Gasteiger partial charge in [-0.3, -0.25) is 0 Å². The van der Waals surface area contributed by atoms with Crippen LogP contribution in [0.15, 0.2) is 47.4 Å². The number of methoxy groups -OCH3 is 1. The second-order valence-corrected chi connectivity index (χ2v) is 7.82. The highest BCUT2D eigenvalue weighted by atomic mass is 35.5. The number of esters is 1. The van der Waals surface area contributed by atoms with E-state index >= 15 is 0 Å². The molecule has 24 heavy (non-hydrogen) atoms. The van der Waals surface area contributed by atoms with Crippen LogP contribution < -0.4 is 0 Å². The first-order chi connectivity index (χ1) is 11.3. The molecule has 0 heterocycles. The number of nitrogens with zero attached hydrogens (tertiary/aromatic N) is 1. The normalized spacial score (nSPS) is 11.5. The predicted molar refractivity (Wildman–Crippen MR) is 92.9 cm³/mol. The molecule has 0 amide bonds. The minimum atomic E-state index is -3.84. The molecular formula is C16H15Cl2NO4S. The van der Waals surface area contributed by atoms with Crippen molar-refractivity contribution in [3.05, 3.63) is 63.6 Å². The van der Waals surface area contributed by atoms with Gasteiger partial charge in [-0.05, 0) is 29.8 Å². The number of carbonyl (C=O) groups excluding carboxylic acids is 1. The van der Waals surface area contributed by atoms with E-state index in [0.717, 1.165) is 4.31 Å². The second kappa shape index (κ2) is 7.53. The lowest BCUT2D eigenvalue weighted by molar-refractivity contribution is 0.0600. The highest BCUT2D eigenvalue weighted by Gasteiger charge is 2.25. The summed E-state index contributed by atoms with van der Waals surface area (Å²) in [5.74, 6) is -0.592. The van der Waals surface area contributed by atoms with Gasteiger partial charge in [-0.25, -0.2) is 13.2 Å². The highest BCUT2D eigenvalue weighted by molar-refractivity contribution is 7.89. The van der Waals surface area contributed by atoms with E-state index in [1.807, 2.05) is 0 Å². The summed E-state index contributed by atoms with van der Waals surface area (Å²) in [5, 5.41) is 0.426. The Balaban J connectivity index is 2.33. The third kappa shape index (κ3) is 3.89. The number of ether oxygens (including phenoxy) is 1. The molecule has 2 aromatic carbocycles. The van der Waals surface area contributed by atoms with E-state index in [0.29, 0.717) is 10.6 Å². The first kappa shape index (κ1) is 18.7. The van der Waals surface area contributed by atoms with Crippen molar-refractivity contribution in [2.75, 3.05) is 14.2 Å². The largest absolute Gasteiger partial charge is 0.465 e. The lowest BCUT2D eigenvalue weighted by Crippen LogP contribution is -2.27. The van der Waals surface area contributed by atoms with Gasteiger partial charge in [0, 0.05) is 18.6 Å². The Bertz CT molecular complexity index is 868. The van der Waals surface area contributed by atoms with E-state index < -0.39 is 16.0 Å². The second-order valence-electron chi connectivity index (χ2n) is 4.99. The first-order valence-corrected chi connectivity index (χ1v) is 9.04. The predicted octanol–water partition coefficient (Wildman–Crippen LogP) is 3.60.